The van der Waals surface area contributed by atoms with E-state index in [1.54, 1.807) is 12.1 Å². The standard InChI is InChI=1S/C25H29FN2O5S/c1-3-27(4-2)12-6-5-7-16-13-18(26)8-10-21(16)28(34(31)32)22-11-9-19-20-14-17(20)15-33-24(19)23(22)25(29)30/h5,7-11,13,17,20,34H,3-4,6,12,14-15H2,1-2H3,(H,29,30). The molecule has 0 bridgehead atoms. The first-order valence-electron chi connectivity index (χ1n) is 11.5. The smallest absolute Gasteiger partial charge is 0.341 e. The predicted molar refractivity (Wildman–Crippen MR) is 130 cm³/mol. The quantitative estimate of drug-likeness (QED) is 0.481. The zero-order valence-electron chi connectivity index (χ0n) is 19.2. The maximum Gasteiger partial charge on any atom is 0.341 e. The number of nitrogens with zero attached hydrogens (tertiary/aromatic N) is 2. The van der Waals surface area contributed by atoms with Crippen molar-refractivity contribution >= 4 is 34.3 Å². The molecule has 34 heavy (non-hydrogen) atoms. The number of carbonyl (C=O) groups is 1. The average molecular weight is 489 g/mol. The zero-order chi connectivity index (χ0) is 24.4. The summed E-state index contributed by atoms with van der Waals surface area (Å²) < 4.78 is 45.7. The molecule has 0 radical (unpaired) electrons. The molecule has 7 nitrogen and oxygen atoms in total. The van der Waals surface area contributed by atoms with Gasteiger partial charge in [0, 0.05) is 18.0 Å². The van der Waals surface area contributed by atoms with E-state index < -0.39 is 22.7 Å². The molecule has 9 heteroatoms. The van der Waals surface area contributed by atoms with Gasteiger partial charge in [0.2, 0.25) is 10.9 Å². The fourth-order valence-corrected chi connectivity index (χ4v) is 5.29. The first-order chi connectivity index (χ1) is 16.3. The van der Waals surface area contributed by atoms with Crippen LogP contribution in [-0.2, 0) is 10.9 Å². The second kappa shape index (κ2) is 10.1. The molecule has 2 unspecified atom stereocenters. The van der Waals surface area contributed by atoms with E-state index in [-0.39, 0.29) is 28.6 Å². The average Bonchev–Trinajstić information content (AvgIpc) is 3.60. The van der Waals surface area contributed by atoms with Crippen molar-refractivity contribution in [1.29, 1.82) is 0 Å². The number of aromatic carboxylic acids is 1. The van der Waals surface area contributed by atoms with Crippen molar-refractivity contribution in [1.82, 2.24) is 4.90 Å². The lowest BCUT2D eigenvalue weighted by atomic mass is 9.99. The maximum atomic E-state index is 14.1. The largest absolute Gasteiger partial charge is 0.492 e. The summed E-state index contributed by atoms with van der Waals surface area (Å²) in [6.45, 7) is 7.22. The Bertz CT molecular complexity index is 1180. The summed E-state index contributed by atoms with van der Waals surface area (Å²) in [6, 6.07) is 7.02. The van der Waals surface area contributed by atoms with Crippen LogP contribution in [0.2, 0.25) is 0 Å². The molecule has 1 aliphatic carbocycles. The van der Waals surface area contributed by atoms with Gasteiger partial charge in [0.25, 0.3) is 0 Å². The van der Waals surface area contributed by atoms with Crippen LogP contribution < -0.4 is 9.04 Å². The molecule has 0 spiro atoms. The van der Waals surface area contributed by atoms with Crippen LogP contribution in [0.25, 0.3) is 6.08 Å². The summed E-state index contributed by atoms with van der Waals surface area (Å²) in [6.07, 6.45) is 5.19. The molecule has 1 N–H and O–H groups in total. The van der Waals surface area contributed by atoms with E-state index in [0.717, 1.165) is 35.9 Å². The molecule has 182 valence electrons. The minimum Gasteiger partial charge on any atom is -0.492 e. The molecule has 0 aromatic heterocycles. The van der Waals surface area contributed by atoms with Gasteiger partial charge >= 0.3 is 5.97 Å². The number of rotatable bonds is 10. The van der Waals surface area contributed by atoms with Gasteiger partial charge in [-0.25, -0.2) is 21.9 Å². The molecule has 1 aliphatic heterocycles. The Morgan fingerprint density at radius 2 is 1.94 bits per heavy atom. The molecule has 0 amide bonds. The normalized spacial score (nSPS) is 18.6. The predicted octanol–water partition coefficient (Wildman–Crippen LogP) is 4.43. The van der Waals surface area contributed by atoms with Gasteiger partial charge in [-0.2, -0.15) is 0 Å². The number of carboxylic acid groups (broad SMARTS) is 1. The number of hydrogen-bond donors (Lipinski definition) is 2. The lowest BCUT2D eigenvalue weighted by Crippen LogP contribution is -2.23. The Labute approximate surface area is 200 Å². The number of hydrogen-bond acceptors (Lipinski definition) is 5. The molecule has 0 saturated heterocycles. The summed E-state index contributed by atoms with van der Waals surface area (Å²) in [5.41, 5.74) is 1.11. The highest BCUT2D eigenvalue weighted by Gasteiger charge is 2.45. The van der Waals surface area contributed by atoms with Crippen LogP contribution >= 0.6 is 0 Å². The highest BCUT2D eigenvalue weighted by Crippen LogP contribution is 2.55. The number of thiol groups is 1. The molecule has 1 saturated carbocycles. The molecule has 2 aromatic rings. The van der Waals surface area contributed by atoms with Crippen molar-refractivity contribution in [3.05, 3.63) is 58.9 Å². The van der Waals surface area contributed by atoms with Crippen molar-refractivity contribution in [3.63, 3.8) is 0 Å². The number of ether oxygens (including phenoxy) is 1. The topological polar surface area (TPSA) is 87.2 Å². The third-order valence-electron chi connectivity index (χ3n) is 6.56. The molecule has 1 heterocycles. The minimum atomic E-state index is -3.28. The third kappa shape index (κ3) is 4.81. The highest BCUT2D eigenvalue weighted by molar-refractivity contribution is 7.74. The molecular weight excluding hydrogens is 459 g/mol. The lowest BCUT2D eigenvalue weighted by molar-refractivity contribution is 0.0692. The van der Waals surface area contributed by atoms with E-state index in [0.29, 0.717) is 24.5 Å². The van der Waals surface area contributed by atoms with E-state index >= 15 is 0 Å². The monoisotopic (exact) mass is 488 g/mol. The number of halogens is 1. The van der Waals surface area contributed by atoms with Crippen LogP contribution in [0.15, 0.2) is 36.4 Å². The van der Waals surface area contributed by atoms with Gasteiger partial charge in [-0.1, -0.05) is 32.1 Å². The van der Waals surface area contributed by atoms with Gasteiger partial charge in [0.15, 0.2) is 0 Å². The molecular formula is C25H29FN2O5S. The van der Waals surface area contributed by atoms with Crippen LogP contribution in [0.1, 0.15) is 54.1 Å². The molecule has 4 rings (SSSR count). The summed E-state index contributed by atoms with van der Waals surface area (Å²) in [7, 11) is -3.28. The van der Waals surface area contributed by atoms with Crippen LogP contribution in [0.5, 0.6) is 5.75 Å². The Kier molecular flexibility index (Phi) is 7.23. The van der Waals surface area contributed by atoms with E-state index in [1.807, 2.05) is 6.08 Å². The van der Waals surface area contributed by atoms with E-state index in [9.17, 15) is 22.7 Å². The number of benzene rings is 2. The third-order valence-corrected chi connectivity index (χ3v) is 7.31. The van der Waals surface area contributed by atoms with Crippen molar-refractivity contribution in [2.45, 2.75) is 32.6 Å². The van der Waals surface area contributed by atoms with Crippen molar-refractivity contribution in [2.75, 3.05) is 30.5 Å². The summed E-state index contributed by atoms with van der Waals surface area (Å²) >= 11 is 0. The van der Waals surface area contributed by atoms with E-state index in [4.69, 9.17) is 4.74 Å². The molecule has 1 fully saturated rings. The fraction of sp³-hybridized carbons (Fsp3) is 0.400. The lowest BCUT2D eigenvalue weighted by Gasteiger charge is -2.26. The number of fused-ring (bicyclic) bond motifs is 3. The highest BCUT2D eigenvalue weighted by atomic mass is 32.2. The Hall–Kier alpha value is -2.91. The van der Waals surface area contributed by atoms with Gasteiger partial charge < -0.3 is 14.7 Å². The Balaban J connectivity index is 1.75. The first-order valence-corrected chi connectivity index (χ1v) is 12.6. The fourth-order valence-electron chi connectivity index (χ4n) is 4.59. The Morgan fingerprint density at radius 1 is 1.21 bits per heavy atom. The van der Waals surface area contributed by atoms with E-state index in [2.05, 4.69) is 18.7 Å². The van der Waals surface area contributed by atoms with Crippen LogP contribution in [0.3, 0.4) is 0 Å². The van der Waals surface area contributed by atoms with Crippen LogP contribution in [-0.4, -0.2) is 50.6 Å². The van der Waals surface area contributed by atoms with Gasteiger partial charge in [0.1, 0.15) is 17.1 Å². The second-order valence-corrected chi connectivity index (χ2v) is 9.44. The summed E-state index contributed by atoms with van der Waals surface area (Å²) in [5.74, 6) is -0.923. The number of anilines is 2. The van der Waals surface area contributed by atoms with Crippen molar-refractivity contribution in [3.8, 4) is 5.75 Å². The van der Waals surface area contributed by atoms with Gasteiger partial charge in [-0.3, -0.25) is 0 Å². The molecule has 2 atom stereocenters. The van der Waals surface area contributed by atoms with Crippen LogP contribution in [0, 0.1) is 11.7 Å². The van der Waals surface area contributed by atoms with Gasteiger partial charge in [-0.15, -0.1) is 0 Å². The summed E-state index contributed by atoms with van der Waals surface area (Å²) in [4.78, 5) is 14.5. The first kappa shape index (κ1) is 24.2. The van der Waals surface area contributed by atoms with Crippen molar-refractivity contribution < 1.29 is 27.4 Å². The second-order valence-electron chi connectivity index (χ2n) is 8.57. The number of carboxylic acids is 1. The molecule has 2 aromatic carbocycles. The SMILES string of the molecule is CCN(CC)CCC=Cc1cc(F)ccc1N(c1ccc2c(c1C(=O)O)OCC1CC21)[SH](=O)=O. The molecule has 2 aliphatic rings. The zero-order valence-corrected chi connectivity index (χ0v) is 20.1. The van der Waals surface area contributed by atoms with Crippen LogP contribution in [0.4, 0.5) is 15.8 Å². The van der Waals surface area contributed by atoms with Gasteiger partial charge in [0.05, 0.1) is 18.0 Å². The summed E-state index contributed by atoms with van der Waals surface area (Å²) in [5, 5.41) is 10.0. The van der Waals surface area contributed by atoms with Gasteiger partial charge in [-0.05, 0) is 61.7 Å². The van der Waals surface area contributed by atoms with E-state index in [1.165, 1.54) is 24.3 Å². The van der Waals surface area contributed by atoms with Crippen molar-refractivity contribution in [2.24, 2.45) is 5.92 Å². The Morgan fingerprint density at radius 3 is 2.62 bits per heavy atom. The maximum absolute atomic E-state index is 14.1. The minimum absolute atomic E-state index is 0.0224.